The van der Waals surface area contributed by atoms with Crippen LogP contribution in [0, 0.1) is 0 Å². The maximum atomic E-state index is 9.39. The molecule has 1 aromatic heterocycles. The van der Waals surface area contributed by atoms with E-state index < -0.39 is 0 Å². The Bertz CT molecular complexity index is 579. The average Bonchev–Trinajstić information content (AvgIpc) is 2.81. The Kier molecular flexibility index (Phi) is 4.39. The van der Waals surface area contributed by atoms with E-state index in [1.165, 1.54) is 35.2 Å². The molecule has 2 aromatic rings. The zero-order chi connectivity index (χ0) is 13.1. The normalized spacial score (nSPS) is 11.3. The average molecular weight is 321 g/mol. The minimum absolute atomic E-state index is 0.124. The lowest BCUT2D eigenvalue weighted by molar-refractivity contribution is 0.476. The molecule has 2 rings (SSSR count). The monoisotopic (exact) mass is 320 g/mol. The molecule has 1 heterocycles. The molecule has 0 atom stereocenters. The second-order valence-electron chi connectivity index (χ2n) is 3.01. The van der Waals surface area contributed by atoms with Gasteiger partial charge in [-0.3, -0.25) is 0 Å². The first-order chi connectivity index (χ1) is 8.60. The number of benzene rings is 1. The smallest absolute Gasteiger partial charge is 0.252 e. The fourth-order valence-corrected chi connectivity index (χ4v) is 2.59. The van der Waals surface area contributed by atoms with E-state index in [4.69, 9.17) is 23.2 Å². The summed E-state index contributed by atoms with van der Waals surface area (Å²) in [6.07, 6.45) is 1.90. The molecule has 1 N–H and O–H groups in total. The van der Waals surface area contributed by atoms with E-state index in [9.17, 15) is 5.11 Å². The quantitative estimate of drug-likeness (QED) is 0.658. The molecule has 0 bridgehead atoms. The highest BCUT2D eigenvalue weighted by Gasteiger charge is 2.06. The summed E-state index contributed by atoms with van der Waals surface area (Å²) < 4.78 is 0.811. The van der Waals surface area contributed by atoms with Gasteiger partial charge in [-0.2, -0.15) is 0 Å². The molecule has 0 aliphatic carbocycles. The van der Waals surface area contributed by atoms with Crippen LogP contribution in [0.1, 0.15) is 0 Å². The molecule has 0 fully saturated rings. The van der Waals surface area contributed by atoms with E-state index >= 15 is 0 Å². The van der Waals surface area contributed by atoms with Gasteiger partial charge in [0, 0.05) is 0 Å². The summed E-state index contributed by atoms with van der Waals surface area (Å²) in [5.74, 6) is -0.169. The van der Waals surface area contributed by atoms with E-state index in [2.05, 4.69) is 20.4 Å². The minimum Gasteiger partial charge on any atom is -0.505 e. The molecule has 1 aromatic carbocycles. The molecule has 0 spiro atoms. The van der Waals surface area contributed by atoms with Crippen molar-refractivity contribution in [2.45, 2.75) is 4.34 Å². The zero-order valence-corrected chi connectivity index (χ0v) is 12.1. The van der Waals surface area contributed by atoms with Crippen LogP contribution in [0.3, 0.4) is 0 Å². The first-order valence-corrected chi connectivity index (χ1v) is 7.37. The minimum atomic E-state index is -0.169. The van der Waals surface area contributed by atoms with Gasteiger partial charge in [-0.1, -0.05) is 46.3 Å². The highest BCUT2D eigenvalue weighted by molar-refractivity contribution is 8.00. The van der Waals surface area contributed by atoms with Gasteiger partial charge in [-0.05, 0) is 18.4 Å². The Morgan fingerprint density at radius 3 is 2.44 bits per heavy atom. The summed E-state index contributed by atoms with van der Waals surface area (Å²) in [6, 6.07) is 2.92. The predicted molar refractivity (Wildman–Crippen MR) is 74.0 cm³/mol. The lowest BCUT2D eigenvalue weighted by Crippen LogP contribution is -1.72. The molecular formula is C9H6Cl2N4OS2. The highest BCUT2D eigenvalue weighted by Crippen LogP contribution is 2.36. The number of rotatable bonds is 3. The number of thioether (sulfide) groups is 1. The van der Waals surface area contributed by atoms with Crippen molar-refractivity contribution < 1.29 is 5.11 Å². The van der Waals surface area contributed by atoms with Crippen molar-refractivity contribution in [1.82, 2.24) is 10.2 Å². The molecule has 0 radical (unpaired) electrons. The molecule has 9 heteroatoms. The van der Waals surface area contributed by atoms with Crippen molar-refractivity contribution in [3.05, 3.63) is 22.2 Å². The van der Waals surface area contributed by atoms with Crippen LogP contribution < -0.4 is 0 Å². The molecule has 0 aliphatic rings. The molecule has 0 amide bonds. The summed E-state index contributed by atoms with van der Waals surface area (Å²) >= 11 is 14.3. The maximum Gasteiger partial charge on any atom is 0.252 e. The first kappa shape index (κ1) is 13.5. The molecule has 0 unspecified atom stereocenters. The first-order valence-electron chi connectivity index (χ1n) is 4.57. The molecule has 0 aliphatic heterocycles. The van der Waals surface area contributed by atoms with Crippen LogP contribution in [0.4, 0.5) is 10.8 Å². The standard InChI is InChI=1S/C9H6Cl2N4OS2/c1-17-9-15-14-8(18-9)13-12-4-2-5(10)7(16)6(11)3-4/h2-3,16H,1H3/b13-12+. The molecule has 0 saturated heterocycles. The van der Waals surface area contributed by atoms with Gasteiger partial charge < -0.3 is 5.11 Å². The molecule has 94 valence electrons. The second kappa shape index (κ2) is 5.83. The number of phenolic OH excluding ortho intramolecular Hbond substituents is 1. The number of aromatic nitrogens is 2. The third-order valence-corrected chi connectivity index (χ3v) is 4.18. The lowest BCUT2D eigenvalue weighted by Gasteiger charge is -1.99. The fourth-order valence-electron chi connectivity index (χ4n) is 1.04. The number of phenols is 1. The van der Waals surface area contributed by atoms with E-state index in [0.29, 0.717) is 10.8 Å². The van der Waals surface area contributed by atoms with Crippen molar-refractivity contribution in [2.24, 2.45) is 10.2 Å². The number of hydrogen-bond donors (Lipinski definition) is 1. The van der Waals surface area contributed by atoms with Crippen LogP contribution in [0.5, 0.6) is 5.75 Å². The van der Waals surface area contributed by atoms with E-state index in [1.54, 1.807) is 0 Å². The van der Waals surface area contributed by atoms with Gasteiger partial charge in [0.25, 0.3) is 5.13 Å². The van der Waals surface area contributed by atoms with E-state index in [1.807, 2.05) is 6.26 Å². The molecular weight excluding hydrogens is 315 g/mol. The second-order valence-corrected chi connectivity index (χ2v) is 5.84. The van der Waals surface area contributed by atoms with E-state index in [-0.39, 0.29) is 15.8 Å². The van der Waals surface area contributed by atoms with Crippen LogP contribution in [-0.4, -0.2) is 21.6 Å². The fraction of sp³-hybridized carbons (Fsp3) is 0.111. The molecule has 0 saturated carbocycles. The van der Waals surface area contributed by atoms with Gasteiger partial charge in [0.05, 0.1) is 15.7 Å². The Balaban J connectivity index is 2.23. The van der Waals surface area contributed by atoms with Crippen molar-refractivity contribution >= 4 is 57.1 Å². The van der Waals surface area contributed by atoms with Gasteiger partial charge in [0.1, 0.15) is 0 Å². The SMILES string of the molecule is CSc1nnc(/N=N/c2cc(Cl)c(O)c(Cl)c2)s1. The zero-order valence-electron chi connectivity index (χ0n) is 8.96. The largest absolute Gasteiger partial charge is 0.505 e. The third-order valence-electron chi connectivity index (χ3n) is 1.82. The van der Waals surface area contributed by atoms with Crippen LogP contribution >= 0.6 is 46.3 Å². The van der Waals surface area contributed by atoms with Crippen LogP contribution in [-0.2, 0) is 0 Å². The summed E-state index contributed by atoms with van der Waals surface area (Å²) in [7, 11) is 0. The summed E-state index contributed by atoms with van der Waals surface area (Å²) in [5.41, 5.74) is 0.434. The van der Waals surface area contributed by atoms with Crippen LogP contribution in [0.15, 0.2) is 26.7 Å². The van der Waals surface area contributed by atoms with Crippen molar-refractivity contribution in [3.8, 4) is 5.75 Å². The Hall–Kier alpha value is -0.890. The lowest BCUT2D eigenvalue weighted by atomic mass is 10.3. The highest BCUT2D eigenvalue weighted by atomic mass is 35.5. The van der Waals surface area contributed by atoms with Crippen LogP contribution in [0.25, 0.3) is 0 Å². The number of nitrogens with zero attached hydrogens (tertiary/aromatic N) is 4. The summed E-state index contributed by atoms with van der Waals surface area (Å²) in [6.45, 7) is 0. The van der Waals surface area contributed by atoms with Gasteiger partial charge in [0.2, 0.25) is 0 Å². The van der Waals surface area contributed by atoms with Crippen molar-refractivity contribution in [3.63, 3.8) is 0 Å². The summed E-state index contributed by atoms with van der Waals surface area (Å²) in [5, 5.41) is 25.6. The van der Waals surface area contributed by atoms with Crippen LogP contribution in [0.2, 0.25) is 10.0 Å². The summed E-state index contributed by atoms with van der Waals surface area (Å²) in [4.78, 5) is 0. The number of azo groups is 1. The number of halogens is 2. The van der Waals surface area contributed by atoms with Gasteiger partial charge in [-0.15, -0.1) is 20.4 Å². The van der Waals surface area contributed by atoms with Gasteiger partial charge in [0.15, 0.2) is 10.1 Å². The maximum absolute atomic E-state index is 9.39. The Morgan fingerprint density at radius 1 is 1.22 bits per heavy atom. The van der Waals surface area contributed by atoms with Gasteiger partial charge >= 0.3 is 0 Å². The van der Waals surface area contributed by atoms with E-state index in [0.717, 1.165) is 4.34 Å². The molecule has 18 heavy (non-hydrogen) atoms. The van der Waals surface area contributed by atoms with Crippen molar-refractivity contribution in [2.75, 3.05) is 6.26 Å². The van der Waals surface area contributed by atoms with Crippen molar-refractivity contribution in [1.29, 1.82) is 0 Å². The predicted octanol–water partition coefficient (Wildman–Crippen LogP) is 4.69. The number of aromatic hydroxyl groups is 1. The molecule has 5 nitrogen and oxygen atoms in total. The topological polar surface area (TPSA) is 70.7 Å². The Morgan fingerprint density at radius 2 is 1.89 bits per heavy atom. The number of hydrogen-bond acceptors (Lipinski definition) is 7. The third kappa shape index (κ3) is 3.11. The van der Waals surface area contributed by atoms with Gasteiger partial charge in [-0.25, -0.2) is 0 Å². The Labute approximate surface area is 121 Å².